The van der Waals surface area contributed by atoms with Gasteiger partial charge in [0.2, 0.25) is 0 Å². The first-order valence-corrected chi connectivity index (χ1v) is 9.26. The van der Waals surface area contributed by atoms with E-state index in [4.69, 9.17) is 14.3 Å². The van der Waals surface area contributed by atoms with Gasteiger partial charge in [-0.25, -0.2) is 4.79 Å². The molecule has 0 radical (unpaired) electrons. The molecule has 28 heavy (non-hydrogen) atoms. The molecule has 0 aromatic carbocycles. The summed E-state index contributed by atoms with van der Waals surface area (Å²) in [5.74, 6) is -0.258. The van der Waals surface area contributed by atoms with Gasteiger partial charge in [0.1, 0.15) is 5.76 Å². The minimum atomic E-state index is -5.08. The molecule has 0 unspecified atom stereocenters. The van der Waals surface area contributed by atoms with E-state index in [0.29, 0.717) is 5.92 Å². The van der Waals surface area contributed by atoms with Crippen LogP contribution in [0.25, 0.3) is 0 Å². The molecular weight excluding hydrogens is 377 g/mol. The van der Waals surface area contributed by atoms with Gasteiger partial charge in [-0.2, -0.15) is 13.2 Å². The molecule has 0 bridgehead atoms. The van der Waals surface area contributed by atoms with Gasteiger partial charge in [-0.15, -0.1) is 5.10 Å². The number of aromatic nitrogens is 3. The van der Waals surface area contributed by atoms with Crippen molar-refractivity contribution < 1.29 is 27.5 Å². The van der Waals surface area contributed by atoms with E-state index in [1.54, 1.807) is 6.26 Å². The van der Waals surface area contributed by atoms with Crippen LogP contribution in [0.15, 0.2) is 29.0 Å². The Morgan fingerprint density at radius 2 is 1.93 bits per heavy atom. The van der Waals surface area contributed by atoms with Crippen LogP contribution in [0.4, 0.5) is 13.2 Å². The predicted octanol–water partition coefficient (Wildman–Crippen LogP) is 3.29. The highest BCUT2D eigenvalue weighted by Gasteiger charge is 2.38. The minimum Gasteiger partial charge on any atom is -0.475 e. The van der Waals surface area contributed by atoms with Gasteiger partial charge in [-0.05, 0) is 56.8 Å². The number of nitrogens with zero attached hydrogens (tertiary/aromatic N) is 4. The standard InChI is InChI=1S/C16H22N4O.C2HF3O2/c1-2-15(21-9-1)11-19-7-5-13(6-8-19)10-20-12-16(17-18-20)14-3-4-14;3-2(4,5)1(6)7/h1-2,9,12-14H,3-8,10-11H2;(H,6,7). The molecule has 1 saturated carbocycles. The van der Waals surface area contributed by atoms with Gasteiger partial charge in [0.15, 0.2) is 0 Å². The molecule has 2 aromatic heterocycles. The number of likely N-dealkylation sites (tertiary alicyclic amines) is 1. The maximum Gasteiger partial charge on any atom is 0.490 e. The highest BCUT2D eigenvalue weighted by Crippen LogP contribution is 2.38. The summed E-state index contributed by atoms with van der Waals surface area (Å²) < 4.78 is 39.2. The lowest BCUT2D eigenvalue weighted by Gasteiger charge is -2.31. The number of carboxylic acid groups (broad SMARTS) is 1. The molecule has 7 nitrogen and oxygen atoms in total. The van der Waals surface area contributed by atoms with Gasteiger partial charge in [0.25, 0.3) is 0 Å². The van der Waals surface area contributed by atoms with Crippen LogP contribution in [0, 0.1) is 5.92 Å². The average Bonchev–Trinajstić information content (AvgIpc) is 3.17. The topological polar surface area (TPSA) is 84.4 Å². The fraction of sp³-hybridized carbons (Fsp3) is 0.611. The number of aliphatic carboxylic acids is 1. The SMILES string of the molecule is O=C(O)C(F)(F)F.c1coc(CN2CCC(Cn3cc(C4CC4)nn3)CC2)c1. The van der Waals surface area contributed by atoms with Crippen LogP contribution in [-0.2, 0) is 17.9 Å². The fourth-order valence-electron chi connectivity index (χ4n) is 3.18. The number of carbonyl (C=O) groups is 1. The van der Waals surface area contributed by atoms with Crippen LogP contribution < -0.4 is 0 Å². The number of piperidine rings is 1. The Morgan fingerprint density at radius 1 is 1.25 bits per heavy atom. The lowest BCUT2D eigenvalue weighted by molar-refractivity contribution is -0.192. The van der Waals surface area contributed by atoms with Crippen LogP contribution in [-0.4, -0.2) is 50.2 Å². The minimum absolute atomic E-state index is 0.703. The second-order valence-corrected chi connectivity index (χ2v) is 7.24. The summed E-state index contributed by atoms with van der Waals surface area (Å²) in [6.45, 7) is 4.26. The number of furan rings is 1. The lowest BCUT2D eigenvalue weighted by Crippen LogP contribution is -2.34. The number of hydrogen-bond acceptors (Lipinski definition) is 5. The van der Waals surface area contributed by atoms with Crippen LogP contribution in [0.5, 0.6) is 0 Å². The summed E-state index contributed by atoms with van der Waals surface area (Å²) >= 11 is 0. The third-order valence-electron chi connectivity index (χ3n) is 4.91. The summed E-state index contributed by atoms with van der Waals surface area (Å²) in [6.07, 6.45) is 3.89. The zero-order valence-electron chi connectivity index (χ0n) is 15.3. The van der Waals surface area contributed by atoms with E-state index >= 15 is 0 Å². The monoisotopic (exact) mass is 400 g/mol. The van der Waals surface area contributed by atoms with Crippen molar-refractivity contribution >= 4 is 5.97 Å². The van der Waals surface area contributed by atoms with Gasteiger partial charge >= 0.3 is 12.1 Å². The van der Waals surface area contributed by atoms with Gasteiger partial charge < -0.3 is 9.52 Å². The van der Waals surface area contributed by atoms with E-state index in [-0.39, 0.29) is 0 Å². The van der Waals surface area contributed by atoms with Gasteiger partial charge in [0.05, 0.1) is 18.5 Å². The Hall–Kier alpha value is -2.36. The normalized spacial score (nSPS) is 18.5. The Balaban J connectivity index is 0.000000279. The van der Waals surface area contributed by atoms with Gasteiger partial charge in [-0.3, -0.25) is 9.58 Å². The first kappa shape index (κ1) is 20.4. The van der Waals surface area contributed by atoms with E-state index in [1.807, 2.05) is 6.07 Å². The van der Waals surface area contributed by atoms with E-state index in [9.17, 15) is 13.2 Å². The van der Waals surface area contributed by atoms with Crippen molar-refractivity contribution in [1.82, 2.24) is 19.9 Å². The number of carboxylic acids is 1. The Morgan fingerprint density at radius 3 is 2.46 bits per heavy atom. The van der Waals surface area contributed by atoms with Crippen molar-refractivity contribution in [2.24, 2.45) is 5.92 Å². The molecule has 10 heteroatoms. The summed E-state index contributed by atoms with van der Waals surface area (Å²) in [5.41, 5.74) is 1.20. The van der Waals surface area contributed by atoms with Gasteiger partial charge in [0, 0.05) is 18.7 Å². The molecule has 3 heterocycles. The first-order chi connectivity index (χ1) is 13.3. The van der Waals surface area contributed by atoms with Crippen LogP contribution >= 0.6 is 0 Å². The van der Waals surface area contributed by atoms with E-state index in [1.165, 1.54) is 31.4 Å². The molecule has 1 aliphatic heterocycles. The second kappa shape index (κ2) is 8.76. The van der Waals surface area contributed by atoms with Crippen molar-refractivity contribution in [3.8, 4) is 0 Å². The number of alkyl halides is 3. The molecule has 0 amide bonds. The van der Waals surface area contributed by atoms with Crippen molar-refractivity contribution in [3.63, 3.8) is 0 Å². The lowest BCUT2D eigenvalue weighted by atomic mass is 9.97. The zero-order valence-corrected chi connectivity index (χ0v) is 15.3. The molecule has 2 fully saturated rings. The zero-order chi connectivity index (χ0) is 20.1. The number of halogens is 3. The van der Waals surface area contributed by atoms with Crippen LogP contribution in [0.2, 0.25) is 0 Å². The smallest absolute Gasteiger partial charge is 0.475 e. The third-order valence-corrected chi connectivity index (χ3v) is 4.91. The maximum absolute atomic E-state index is 10.6. The molecule has 154 valence electrons. The number of hydrogen-bond donors (Lipinski definition) is 1. The predicted molar refractivity (Wildman–Crippen MR) is 92.4 cm³/mol. The van der Waals surface area contributed by atoms with Crippen molar-refractivity contribution in [1.29, 1.82) is 0 Å². The molecule has 2 aliphatic rings. The highest BCUT2D eigenvalue weighted by atomic mass is 19.4. The molecule has 1 N–H and O–H groups in total. The Bertz CT molecular complexity index is 748. The second-order valence-electron chi connectivity index (χ2n) is 7.24. The molecule has 1 aliphatic carbocycles. The van der Waals surface area contributed by atoms with Gasteiger partial charge in [-0.1, -0.05) is 5.21 Å². The van der Waals surface area contributed by atoms with Crippen molar-refractivity contribution in [3.05, 3.63) is 36.0 Å². The third kappa shape index (κ3) is 6.08. The first-order valence-electron chi connectivity index (χ1n) is 9.26. The quantitative estimate of drug-likeness (QED) is 0.829. The summed E-state index contributed by atoms with van der Waals surface area (Å²) in [7, 11) is 0. The van der Waals surface area contributed by atoms with E-state index in [0.717, 1.165) is 37.9 Å². The summed E-state index contributed by atoms with van der Waals surface area (Å²) in [6, 6.07) is 4.02. The maximum atomic E-state index is 10.6. The number of rotatable bonds is 5. The molecule has 2 aromatic rings. The largest absolute Gasteiger partial charge is 0.490 e. The van der Waals surface area contributed by atoms with E-state index < -0.39 is 12.1 Å². The van der Waals surface area contributed by atoms with Crippen molar-refractivity contribution in [2.45, 2.75) is 50.9 Å². The van der Waals surface area contributed by atoms with Crippen LogP contribution in [0.3, 0.4) is 0 Å². The molecule has 0 atom stereocenters. The fourth-order valence-corrected chi connectivity index (χ4v) is 3.18. The Kier molecular flexibility index (Phi) is 6.38. The average molecular weight is 400 g/mol. The molecule has 0 spiro atoms. The Labute approximate surface area is 160 Å². The van der Waals surface area contributed by atoms with Crippen LogP contribution in [0.1, 0.15) is 43.1 Å². The molecule has 4 rings (SSSR count). The molecule has 1 saturated heterocycles. The molecular formula is C18H23F3N4O3. The summed E-state index contributed by atoms with van der Waals surface area (Å²) in [4.78, 5) is 11.4. The highest BCUT2D eigenvalue weighted by molar-refractivity contribution is 5.73. The summed E-state index contributed by atoms with van der Waals surface area (Å²) in [5, 5.41) is 15.7. The van der Waals surface area contributed by atoms with Crippen molar-refractivity contribution in [2.75, 3.05) is 13.1 Å². The van der Waals surface area contributed by atoms with E-state index in [2.05, 4.69) is 32.2 Å².